The summed E-state index contributed by atoms with van der Waals surface area (Å²) < 4.78 is 32.8. The van der Waals surface area contributed by atoms with Crippen molar-refractivity contribution in [3.05, 3.63) is 65.0 Å². The van der Waals surface area contributed by atoms with Gasteiger partial charge >= 0.3 is 0 Å². The number of fused-ring (bicyclic) bond motifs is 3. The fraction of sp³-hybridized carbons (Fsp3) is 0.111. The normalized spacial score (nSPS) is 11.7. The number of furan rings is 1. The first-order valence-corrected chi connectivity index (χ1v) is 10.0. The van der Waals surface area contributed by atoms with Crippen molar-refractivity contribution >= 4 is 43.6 Å². The van der Waals surface area contributed by atoms with Crippen LogP contribution in [0, 0.1) is 10.1 Å². The van der Waals surface area contributed by atoms with Crippen LogP contribution in [-0.2, 0) is 10.0 Å². The second-order valence-corrected chi connectivity index (χ2v) is 7.84. The van der Waals surface area contributed by atoms with Gasteiger partial charge in [-0.15, -0.1) is 0 Å². The van der Waals surface area contributed by atoms with E-state index in [4.69, 9.17) is 4.42 Å². The van der Waals surface area contributed by atoms with Crippen molar-refractivity contribution in [3.63, 3.8) is 0 Å². The lowest BCUT2D eigenvalue weighted by molar-refractivity contribution is -0.384. The van der Waals surface area contributed by atoms with E-state index in [0.717, 1.165) is 17.5 Å². The molecule has 0 spiro atoms. The van der Waals surface area contributed by atoms with Crippen molar-refractivity contribution in [2.24, 2.45) is 0 Å². The minimum absolute atomic E-state index is 0.0511. The van der Waals surface area contributed by atoms with Crippen LogP contribution in [0.25, 0.3) is 22.1 Å². The second-order valence-electron chi connectivity index (χ2n) is 6.07. The zero-order valence-electron chi connectivity index (χ0n) is 14.9. The zero-order chi connectivity index (χ0) is 20.4. The minimum atomic E-state index is -3.79. The van der Waals surface area contributed by atoms with E-state index in [0.29, 0.717) is 22.5 Å². The molecular formula is C18H15N5O5S. The first-order chi connectivity index (χ1) is 14.0. The number of nitrogens with zero attached hydrogens (tertiary/aromatic N) is 3. The van der Waals surface area contributed by atoms with Crippen LogP contribution in [0.4, 0.5) is 11.5 Å². The molecule has 2 aromatic carbocycles. The van der Waals surface area contributed by atoms with E-state index < -0.39 is 14.9 Å². The highest BCUT2D eigenvalue weighted by Gasteiger charge is 2.16. The second kappa shape index (κ2) is 7.45. The van der Waals surface area contributed by atoms with Gasteiger partial charge in [-0.05, 0) is 24.3 Å². The Labute approximate surface area is 164 Å². The lowest BCUT2D eigenvalue weighted by Crippen LogP contribution is -2.29. The lowest BCUT2D eigenvalue weighted by atomic mass is 10.2. The molecule has 0 aliphatic rings. The van der Waals surface area contributed by atoms with Gasteiger partial charge in [0.1, 0.15) is 17.4 Å². The molecule has 11 heteroatoms. The maximum Gasteiger partial charge on any atom is 0.269 e. The summed E-state index contributed by atoms with van der Waals surface area (Å²) in [7, 11) is -3.79. The largest absolute Gasteiger partial charge is 0.450 e. The van der Waals surface area contributed by atoms with Crippen molar-refractivity contribution in [3.8, 4) is 0 Å². The molecule has 148 valence electrons. The molecule has 4 rings (SSSR count). The van der Waals surface area contributed by atoms with Crippen LogP contribution in [0.5, 0.6) is 0 Å². The summed E-state index contributed by atoms with van der Waals surface area (Å²) in [6.45, 7) is 0.320. The van der Waals surface area contributed by atoms with Crippen LogP contribution in [0.2, 0.25) is 0 Å². The van der Waals surface area contributed by atoms with E-state index >= 15 is 0 Å². The molecule has 0 unspecified atom stereocenters. The summed E-state index contributed by atoms with van der Waals surface area (Å²) >= 11 is 0. The van der Waals surface area contributed by atoms with Gasteiger partial charge in [0.2, 0.25) is 10.0 Å². The highest BCUT2D eigenvalue weighted by Crippen LogP contribution is 2.30. The van der Waals surface area contributed by atoms with Crippen molar-refractivity contribution in [1.82, 2.24) is 14.7 Å². The highest BCUT2D eigenvalue weighted by molar-refractivity contribution is 7.89. The smallest absolute Gasteiger partial charge is 0.269 e. The number of nitro benzene ring substituents is 1. The maximum absolute atomic E-state index is 12.3. The third-order valence-electron chi connectivity index (χ3n) is 4.23. The van der Waals surface area contributed by atoms with Gasteiger partial charge < -0.3 is 9.73 Å². The van der Waals surface area contributed by atoms with Gasteiger partial charge in [0, 0.05) is 30.6 Å². The first kappa shape index (κ1) is 18.8. The van der Waals surface area contributed by atoms with Crippen LogP contribution in [0.1, 0.15) is 0 Å². The number of hydrogen-bond acceptors (Lipinski definition) is 8. The van der Waals surface area contributed by atoms with Crippen LogP contribution < -0.4 is 10.0 Å². The molecule has 2 heterocycles. The van der Waals surface area contributed by atoms with Gasteiger partial charge in [-0.25, -0.2) is 23.1 Å². The molecular weight excluding hydrogens is 398 g/mol. The summed E-state index contributed by atoms with van der Waals surface area (Å²) in [4.78, 5) is 18.4. The number of rotatable bonds is 7. The van der Waals surface area contributed by atoms with E-state index in [9.17, 15) is 18.5 Å². The van der Waals surface area contributed by atoms with Crippen molar-refractivity contribution in [2.45, 2.75) is 4.90 Å². The average Bonchev–Trinajstić information content (AvgIpc) is 3.11. The van der Waals surface area contributed by atoms with E-state index in [1.165, 1.54) is 18.5 Å². The minimum Gasteiger partial charge on any atom is -0.450 e. The maximum atomic E-state index is 12.3. The number of nitrogens with one attached hydrogen (secondary N) is 2. The molecule has 0 aliphatic carbocycles. The van der Waals surface area contributed by atoms with E-state index in [2.05, 4.69) is 20.0 Å². The quantitative estimate of drug-likeness (QED) is 0.268. The predicted molar refractivity (Wildman–Crippen MR) is 106 cm³/mol. The van der Waals surface area contributed by atoms with Gasteiger partial charge in [-0.1, -0.05) is 12.1 Å². The fourth-order valence-electron chi connectivity index (χ4n) is 2.85. The van der Waals surface area contributed by atoms with Crippen LogP contribution in [-0.4, -0.2) is 36.4 Å². The summed E-state index contributed by atoms with van der Waals surface area (Å²) in [6, 6.07) is 12.2. The summed E-state index contributed by atoms with van der Waals surface area (Å²) in [6.07, 6.45) is 1.41. The Morgan fingerprint density at radius 2 is 1.79 bits per heavy atom. The van der Waals surface area contributed by atoms with Gasteiger partial charge in [-0.3, -0.25) is 10.1 Å². The molecule has 0 bridgehead atoms. The number of para-hydroxylation sites is 1. The zero-order valence-corrected chi connectivity index (χ0v) is 15.7. The van der Waals surface area contributed by atoms with Gasteiger partial charge in [-0.2, -0.15) is 0 Å². The van der Waals surface area contributed by atoms with E-state index in [1.807, 2.05) is 24.3 Å². The van der Waals surface area contributed by atoms with Gasteiger partial charge in [0.15, 0.2) is 11.4 Å². The molecule has 0 saturated carbocycles. The Kier molecular flexibility index (Phi) is 4.82. The highest BCUT2D eigenvalue weighted by atomic mass is 32.2. The number of nitro groups is 1. The van der Waals surface area contributed by atoms with Crippen LogP contribution in [0.3, 0.4) is 0 Å². The van der Waals surface area contributed by atoms with Crippen molar-refractivity contribution in [2.75, 3.05) is 18.4 Å². The van der Waals surface area contributed by atoms with Crippen molar-refractivity contribution < 1.29 is 17.8 Å². The van der Waals surface area contributed by atoms with Crippen molar-refractivity contribution in [1.29, 1.82) is 0 Å². The Morgan fingerprint density at radius 1 is 1.03 bits per heavy atom. The van der Waals surface area contributed by atoms with E-state index in [1.54, 1.807) is 0 Å². The molecule has 0 amide bonds. The lowest BCUT2D eigenvalue weighted by Gasteiger charge is -2.08. The number of aromatic nitrogens is 2. The number of non-ortho nitro benzene ring substituents is 1. The molecule has 0 aliphatic heterocycles. The molecule has 0 atom stereocenters. The number of sulfonamides is 1. The molecule has 10 nitrogen and oxygen atoms in total. The van der Waals surface area contributed by atoms with Crippen LogP contribution >= 0.6 is 0 Å². The predicted octanol–water partition coefficient (Wildman–Crippen LogP) is 2.67. The molecule has 4 aromatic rings. The Balaban J connectivity index is 1.43. The Morgan fingerprint density at radius 3 is 2.55 bits per heavy atom. The fourth-order valence-corrected chi connectivity index (χ4v) is 3.88. The summed E-state index contributed by atoms with van der Waals surface area (Å²) in [5.74, 6) is 0.459. The monoisotopic (exact) mass is 413 g/mol. The Hall–Kier alpha value is -3.57. The Bertz CT molecular complexity index is 1300. The number of anilines is 1. The first-order valence-electron chi connectivity index (χ1n) is 8.56. The number of benzene rings is 2. The molecule has 0 radical (unpaired) electrons. The molecule has 0 fully saturated rings. The standard InChI is InChI=1S/C18H15N5O5S/c24-23(25)12-5-7-13(8-6-12)29(26,27)22-10-9-19-18-17-16(20-11-21-18)14-3-1-2-4-15(14)28-17/h1-8,11,22H,9-10H2,(H,19,20,21). The van der Waals surface area contributed by atoms with E-state index in [-0.39, 0.29) is 23.7 Å². The third kappa shape index (κ3) is 3.73. The van der Waals surface area contributed by atoms with Gasteiger partial charge in [0.05, 0.1) is 9.82 Å². The van der Waals surface area contributed by atoms with Gasteiger partial charge in [0.25, 0.3) is 5.69 Å². The topological polar surface area (TPSA) is 140 Å². The number of hydrogen-bond donors (Lipinski definition) is 2. The molecule has 29 heavy (non-hydrogen) atoms. The molecule has 2 N–H and O–H groups in total. The molecule has 2 aromatic heterocycles. The SMILES string of the molecule is O=[N+]([O-])c1ccc(S(=O)(=O)NCCNc2ncnc3c2oc2ccccc23)cc1. The third-order valence-corrected chi connectivity index (χ3v) is 5.70. The summed E-state index contributed by atoms with van der Waals surface area (Å²) in [5.41, 5.74) is 1.67. The van der Waals surface area contributed by atoms with Crippen LogP contribution in [0.15, 0.2) is 64.2 Å². The summed E-state index contributed by atoms with van der Waals surface area (Å²) in [5, 5.41) is 14.6. The average molecular weight is 413 g/mol. The molecule has 0 saturated heterocycles.